The maximum Gasteiger partial charge on any atom is 0.310 e. The van der Waals surface area contributed by atoms with Gasteiger partial charge in [-0.3, -0.25) is 9.59 Å². The van der Waals surface area contributed by atoms with E-state index in [-0.39, 0.29) is 12.5 Å². The third-order valence-electron chi connectivity index (χ3n) is 4.02. The molecule has 0 spiro atoms. The van der Waals surface area contributed by atoms with Gasteiger partial charge in [0, 0.05) is 13.1 Å². The van der Waals surface area contributed by atoms with Crippen molar-refractivity contribution in [1.29, 1.82) is 0 Å². The molecule has 1 saturated heterocycles. The van der Waals surface area contributed by atoms with E-state index in [0.29, 0.717) is 18.8 Å². The number of nitrogens with zero attached hydrogens (tertiary/aromatic N) is 1. The van der Waals surface area contributed by atoms with Gasteiger partial charge in [0.15, 0.2) is 6.61 Å². The molecule has 106 valence electrons. The van der Waals surface area contributed by atoms with Crippen LogP contribution < -0.4 is 4.74 Å². The van der Waals surface area contributed by atoms with Crippen molar-refractivity contribution in [2.75, 3.05) is 19.7 Å². The molecule has 1 aliphatic heterocycles. The molecule has 1 fully saturated rings. The zero-order valence-electron chi connectivity index (χ0n) is 11.2. The fourth-order valence-corrected chi connectivity index (χ4v) is 2.71. The summed E-state index contributed by atoms with van der Waals surface area (Å²) in [5.74, 6) is -0.690. The first-order valence-electron chi connectivity index (χ1n) is 6.88. The number of benzene rings is 1. The molecule has 0 radical (unpaired) electrons. The first kappa shape index (κ1) is 13.0. The predicted molar refractivity (Wildman–Crippen MR) is 71.7 cm³/mol. The zero-order chi connectivity index (χ0) is 14.1. The number of fused-ring (bicyclic) bond motifs is 1. The van der Waals surface area contributed by atoms with E-state index in [1.165, 1.54) is 22.4 Å². The Bertz CT molecular complexity index is 549. The van der Waals surface area contributed by atoms with E-state index in [1.807, 2.05) is 12.1 Å². The third kappa shape index (κ3) is 2.48. The smallest absolute Gasteiger partial charge is 0.310 e. The van der Waals surface area contributed by atoms with Crippen molar-refractivity contribution < 1.29 is 19.4 Å². The quantitative estimate of drug-likeness (QED) is 0.893. The monoisotopic (exact) mass is 275 g/mol. The van der Waals surface area contributed by atoms with Crippen LogP contribution in [0, 0.1) is 5.92 Å². The van der Waals surface area contributed by atoms with Crippen LogP contribution in [0.4, 0.5) is 0 Å². The van der Waals surface area contributed by atoms with Gasteiger partial charge in [0.2, 0.25) is 0 Å². The summed E-state index contributed by atoms with van der Waals surface area (Å²) in [5.41, 5.74) is 2.68. The molecule has 1 aromatic carbocycles. The van der Waals surface area contributed by atoms with Gasteiger partial charge in [-0.2, -0.15) is 0 Å². The highest BCUT2D eigenvalue weighted by molar-refractivity contribution is 5.82. The molecule has 0 bridgehead atoms. The summed E-state index contributed by atoms with van der Waals surface area (Å²) >= 11 is 0. The summed E-state index contributed by atoms with van der Waals surface area (Å²) in [7, 11) is 0. The summed E-state index contributed by atoms with van der Waals surface area (Å²) in [5, 5.41) is 8.76. The molecule has 3 rings (SSSR count). The van der Waals surface area contributed by atoms with Crippen molar-refractivity contribution in [2.45, 2.75) is 19.3 Å². The van der Waals surface area contributed by atoms with Crippen LogP contribution in [0.15, 0.2) is 18.2 Å². The fraction of sp³-hybridized carbons (Fsp3) is 0.467. The molecule has 20 heavy (non-hydrogen) atoms. The van der Waals surface area contributed by atoms with Gasteiger partial charge in [0.05, 0.1) is 5.92 Å². The number of hydrogen-bond donors (Lipinski definition) is 1. The second-order valence-corrected chi connectivity index (χ2v) is 5.41. The van der Waals surface area contributed by atoms with Crippen LogP contribution in [0.1, 0.15) is 17.5 Å². The molecule has 0 saturated carbocycles. The molecule has 5 heteroatoms. The number of carbonyl (C=O) groups excluding carboxylic acids is 1. The van der Waals surface area contributed by atoms with Crippen molar-refractivity contribution in [2.24, 2.45) is 5.92 Å². The van der Waals surface area contributed by atoms with Crippen LogP contribution in [0.5, 0.6) is 5.75 Å². The lowest BCUT2D eigenvalue weighted by Crippen LogP contribution is -2.54. The van der Waals surface area contributed by atoms with Gasteiger partial charge in [-0.1, -0.05) is 6.07 Å². The minimum atomic E-state index is -0.839. The molecule has 2 aliphatic rings. The molecule has 1 aromatic rings. The number of carbonyl (C=O) groups is 2. The number of amides is 1. The van der Waals surface area contributed by atoms with Crippen molar-refractivity contribution in [3.63, 3.8) is 0 Å². The van der Waals surface area contributed by atoms with E-state index in [4.69, 9.17) is 9.84 Å². The number of aryl methyl sites for hydroxylation is 2. The van der Waals surface area contributed by atoms with Crippen LogP contribution >= 0.6 is 0 Å². The highest BCUT2D eigenvalue weighted by atomic mass is 16.5. The summed E-state index contributed by atoms with van der Waals surface area (Å²) < 4.78 is 5.51. The lowest BCUT2D eigenvalue weighted by molar-refractivity contribution is -0.153. The van der Waals surface area contributed by atoms with Crippen molar-refractivity contribution in [3.8, 4) is 5.75 Å². The van der Waals surface area contributed by atoms with E-state index < -0.39 is 11.9 Å². The van der Waals surface area contributed by atoms with Crippen LogP contribution in [0.2, 0.25) is 0 Å². The normalized spacial score (nSPS) is 17.5. The maximum atomic E-state index is 11.8. The second kappa shape index (κ2) is 5.15. The Morgan fingerprint density at radius 3 is 2.75 bits per heavy atom. The summed E-state index contributed by atoms with van der Waals surface area (Å²) in [6.45, 7) is 0.564. The van der Waals surface area contributed by atoms with Gasteiger partial charge in [-0.05, 0) is 42.5 Å². The van der Waals surface area contributed by atoms with Crippen molar-refractivity contribution in [1.82, 2.24) is 4.90 Å². The number of ether oxygens (including phenoxy) is 1. The number of carboxylic acids is 1. The topological polar surface area (TPSA) is 66.8 Å². The maximum absolute atomic E-state index is 11.8. The van der Waals surface area contributed by atoms with Gasteiger partial charge in [0.1, 0.15) is 5.75 Å². The fourth-order valence-electron chi connectivity index (χ4n) is 2.71. The standard InChI is InChI=1S/C15H17NO4/c17-14(16-7-12(8-16)15(18)19)9-20-13-5-4-10-2-1-3-11(10)6-13/h4-6,12H,1-3,7-9H2,(H,18,19). The van der Waals surface area contributed by atoms with Crippen LogP contribution in [0.25, 0.3) is 0 Å². The number of rotatable bonds is 4. The van der Waals surface area contributed by atoms with Gasteiger partial charge in [-0.15, -0.1) is 0 Å². The summed E-state index contributed by atoms with van der Waals surface area (Å²) in [6, 6.07) is 5.96. The Hall–Kier alpha value is -2.04. The molecule has 0 atom stereocenters. The highest BCUT2D eigenvalue weighted by Crippen LogP contribution is 2.26. The Labute approximate surface area is 117 Å². The Morgan fingerprint density at radius 2 is 2.00 bits per heavy atom. The van der Waals surface area contributed by atoms with Crippen LogP contribution in [-0.4, -0.2) is 41.6 Å². The van der Waals surface area contributed by atoms with E-state index >= 15 is 0 Å². The lowest BCUT2D eigenvalue weighted by atomic mass is 10.0. The molecule has 0 unspecified atom stereocenters. The SMILES string of the molecule is O=C(O)C1CN(C(=O)COc2ccc3c(c2)CCC3)C1. The molecule has 1 amide bonds. The lowest BCUT2D eigenvalue weighted by Gasteiger charge is -2.36. The average molecular weight is 275 g/mol. The van der Waals surface area contributed by atoms with Crippen LogP contribution in [-0.2, 0) is 22.4 Å². The van der Waals surface area contributed by atoms with E-state index in [1.54, 1.807) is 0 Å². The van der Waals surface area contributed by atoms with E-state index in [0.717, 1.165) is 12.8 Å². The van der Waals surface area contributed by atoms with Crippen molar-refractivity contribution in [3.05, 3.63) is 29.3 Å². The minimum Gasteiger partial charge on any atom is -0.484 e. The predicted octanol–water partition coefficient (Wildman–Crippen LogP) is 1.10. The first-order chi connectivity index (χ1) is 9.63. The number of aliphatic carboxylic acids is 1. The largest absolute Gasteiger partial charge is 0.484 e. The Kier molecular flexibility index (Phi) is 3.34. The highest BCUT2D eigenvalue weighted by Gasteiger charge is 2.35. The average Bonchev–Trinajstić information content (AvgIpc) is 2.81. The van der Waals surface area contributed by atoms with Crippen molar-refractivity contribution >= 4 is 11.9 Å². The number of carboxylic acid groups (broad SMARTS) is 1. The van der Waals surface area contributed by atoms with Crippen LogP contribution in [0.3, 0.4) is 0 Å². The summed E-state index contributed by atoms with van der Waals surface area (Å²) in [4.78, 5) is 24.0. The Balaban J connectivity index is 1.50. The molecule has 5 nitrogen and oxygen atoms in total. The van der Waals surface area contributed by atoms with Gasteiger partial charge >= 0.3 is 5.97 Å². The van der Waals surface area contributed by atoms with Gasteiger partial charge in [-0.25, -0.2) is 0 Å². The van der Waals surface area contributed by atoms with E-state index in [2.05, 4.69) is 6.07 Å². The Morgan fingerprint density at radius 1 is 1.25 bits per heavy atom. The molecular weight excluding hydrogens is 258 g/mol. The molecule has 1 N–H and O–H groups in total. The minimum absolute atomic E-state index is 0.0227. The summed E-state index contributed by atoms with van der Waals surface area (Å²) in [6.07, 6.45) is 3.38. The second-order valence-electron chi connectivity index (χ2n) is 5.41. The molecular formula is C15H17NO4. The van der Waals surface area contributed by atoms with E-state index in [9.17, 15) is 9.59 Å². The number of hydrogen-bond acceptors (Lipinski definition) is 3. The number of likely N-dealkylation sites (tertiary alicyclic amines) is 1. The first-order valence-corrected chi connectivity index (χ1v) is 6.88. The molecule has 0 aromatic heterocycles. The molecule has 1 heterocycles. The third-order valence-corrected chi connectivity index (χ3v) is 4.02. The zero-order valence-corrected chi connectivity index (χ0v) is 11.2. The van der Waals surface area contributed by atoms with Gasteiger partial charge in [0.25, 0.3) is 5.91 Å². The molecule has 1 aliphatic carbocycles. The van der Waals surface area contributed by atoms with Gasteiger partial charge < -0.3 is 14.7 Å².